The van der Waals surface area contributed by atoms with Gasteiger partial charge in [0.05, 0.1) is 16.7 Å². The molecule has 3 heterocycles. The molecule has 0 saturated carbocycles. The lowest BCUT2D eigenvalue weighted by Gasteiger charge is -2.34. The van der Waals surface area contributed by atoms with Gasteiger partial charge in [-0.05, 0) is 51.7 Å². The van der Waals surface area contributed by atoms with Gasteiger partial charge in [0, 0.05) is 29.1 Å². The number of rotatable bonds is 2. The van der Waals surface area contributed by atoms with Crippen LogP contribution in [-0.2, 0) is 0 Å². The molecule has 204 valence electrons. The summed E-state index contributed by atoms with van der Waals surface area (Å²) < 4.78 is 2.33. The van der Waals surface area contributed by atoms with Crippen LogP contribution < -0.4 is 0 Å². The lowest BCUT2D eigenvalue weighted by atomic mass is 9.96. The molecule has 3 nitrogen and oxygen atoms in total. The first-order chi connectivity index (χ1) is 20.8. The highest BCUT2D eigenvalue weighted by molar-refractivity contribution is 6.23. The van der Waals surface area contributed by atoms with Crippen molar-refractivity contribution in [1.82, 2.24) is 9.47 Å². The fourth-order valence-corrected chi connectivity index (χ4v) is 6.05. The van der Waals surface area contributed by atoms with Crippen molar-refractivity contribution in [3.8, 4) is 11.1 Å². The minimum Gasteiger partial charge on any atom is -0.307 e. The molecule has 0 atom stereocenters. The van der Waals surface area contributed by atoms with Gasteiger partial charge in [-0.2, -0.15) is 0 Å². The molecule has 42 heavy (non-hydrogen) atoms. The van der Waals surface area contributed by atoms with E-state index in [1.165, 1.54) is 61.4 Å². The highest BCUT2D eigenvalue weighted by atomic mass is 15.3. The fraction of sp³-hybridized carbons (Fsp3) is 0.103. The smallest absolute Gasteiger partial charge is 0.215 e. The number of para-hydroxylation sites is 1. The lowest BCUT2D eigenvalue weighted by Crippen LogP contribution is -2.38. The Balaban J connectivity index is 0.000000923. The van der Waals surface area contributed by atoms with E-state index in [0.29, 0.717) is 0 Å². The first kappa shape index (κ1) is 25.8. The van der Waals surface area contributed by atoms with Crippen molar-refractivity contribution in [1.29, 1.82) is 0 Å². The highest BCUT2D eigenvalue weighted by Gasteiger charge is 2.28. The maximum atomic E-state index is 5.17. The van der Waals surface area contributed by atoms with Crippen molar-refractivity contribution >= 4 is 44.1 Å². The summed E-state index contributed by atoms with van der Waals surface area (Å²) in [5, 5.41) is 5.04. The van der Waals surface area contributed by atoms with Gasteiger partial charge in [-0.25, -0.2) is 4.99 Å². The quantitative estimate of drug-likeness (QED) is 0.213. The van der Waals surface area contributed by atoms with Crippen LogP contribution in [0.3, 0.4) is 0 Å². The van der Waals surface area contributed by atoms with Gasteiger partial charge in [0.15, 0.2) is 0 Å². The van der Waals surface area contributed by atoms with Crippen LogP contribution in [0.4, 0.5) is 0 Å². The SMILES string of the molecule is C1=CCN2C(=C1)C(c1cccc(-c3ccccc3)c1)=CN=C2n1c2ccccc2c2c3ccccc3ccc21.CCC. The lowest BCUT2D eigenvalue weighted by molar-refractivity contribution is 0.562. The molecule has 0 N–H and O–H groups in total. The Hall–Kier alpha value is -5.15. The molecule has 0 radical (unpaired) electrons. The molecule has 0 bridgehead atoms. The minimum atomic E-state index is 0.766. The van der Waals surface area contributed by atoms with Gasteiger partial charge in [0.1, 0.15) is 0 Å². The maximum Gasteiger partial charge on any atom is 0.215 e. The number of nitrogens with zero attached hydrogens (tertiary/aromatic N) is 3. The van der Waals surface area contributed by atoms with Crippen LogP contribution >= 0.6 is 0 Å². The molecular formula is C39H33N3. The zero-order valence-electron chi connectivity index (χ0n) is 24.0. The largest absolute Gasteiger partial charge is 0.307 e. The number of allylic oxidation sites excluding steroid dienone is 3. The summed E-state index contributed by atoms with van der Waals surface area (Å²) in [6, 6.07) is 41.1. The van der Waals surface area contributed by atoms with Crippen LogP contribution in [-0.4, -0.2) is 22.0 Å². The predicted molar refractivity (Wildman–Crippen MR) is 180 cm³/mol. The molecule has 0 fully saturated rings. The monoisotopic (exact) mass is 543 g/mol. The average Bonchev–Trinajstić information content (AvgIpc) is 3.40. The van der Waals surface area contributed by atoms with E-state index >= 15 is 0 Å². The number of fused-ring (bicyclic) bond motifs is 6. The van der Waals surface area contributed by atoms with Crippen molar-refractivity contribution < 1.29 is 0 Å². The van der Waals surface area contributed by atoms with E-state index in [1.807, 2.05) is 6.20 Å². The van der Waals surface area contributed by atoms with Crippen LogP contribution in [0.1, 0.15) is 25.8 Å². The normalized spacial score (nSPS) is 14.2. The van der Waals surface area contributed by atoms with E-state index in [-0.39, 0.29) is 0 Å². The molecule has 6 aromatic rings. The number of benzene rings is 5. The van der Waals surface area contributed by atoms with E-state index < -0.39 is 0 Å². The molecule has 0 amide bonds. The summed E-state index contributed by atoms with van der Waals surface area (Å²) in [4.78, 5) is 7.50. The molecule has 2 aliphatic rings. The standard InChI is InChI=1S/C36H25N3.C3H8/c1-2-11-25(12-3-1)27-14-10-15-28(23-27)31-24-37-36(38-22-9-8-18-32(31)38)39-33-19-7-6-17-30(33)35-29-16-5-4-13-26(29)20-21-34(35)39;1-3-2/h1-21,23-24H,22H2;3H2,1-2H3. The molecule has 0 aliphatic carbocycles. The van der Waals surface area contributed by atoms with Gasteiger partial charge < -0.3 is 4.90 Å². The van der Waals surface area contributed by atoms with Crippen LogP contribution in [0.5, 0.6) is 0 Å². The second kappa shape index (κ2) is 11.0. The molecule has 0 saturated heterocycles. The Labute approximate surface area is 247 Å². The van der Waals surface area contributed by atoms with Crippen molar-refractivity contribution in [2.75, 3.05) is 6.54 Å². The van der Waals surface area contributed by atoms with E-state index in [0.717, 1.165) is 18.1 Å². The number of aromatic nitrogens is 1. The first-order valence-electron chi connectivity index (χ1n) is 14.8. The highest BCUT2D eigenvalue weighted by Crippen LogP contribution is 2.38. The van der Waals surface area contributed by atoms with Crippen molar-refractivity contribution in [2.24, 2.45) is 4.99 Å². The van der Waals surface area contributed by atoms with Gasteiger partial charge in [-0.1, -0.05) is 129 Å². The van der Waals surface area contributed by atoms with Gasteiger partial charge >= 0.3 is 0 Å². The van der Waals surface area contributed by atoms with Crippen molar-refractivity contribution in [2.45, 2.75) is 20.3 Å². The number of hydrogen-bond acceptors (Lipinski definition) is 2. The molecule has 0 spiro atoms. The average molecular weight is 544 g/mol. The molecule has 3 heteroatoms. The van der Waals surface area contributed by atoms with Crippen LogP contribution in [0.2, 0.25) is 0 Å². The van der Waals surface area contributed by atoms with Crippen LogP contribution in [0.25, 0.3) is 49.3 Å². The zero-order valence-corrected chi connectivity index (χ0v) is 24.0. The molecule has 1 aromatic heterocycles. The molecule has 8 rings (SSSR count). The Morgan fingerprint density at radius 1 is 0.667 bits per heavy atom. The van der Waals surface area contributed by atoms with Gasteiger partial charge in [-0.3, -0.25) is 4.57 Å². The summed E-state index contributed by atoms with van der Waals surface area (Å²) in [5.41, 5.74) is 8.22. The number of hydrogen-bond donors (Lipinski definition) is 0. The second-order valence-electron chi connectivity index (χ2n) is 10.7. The fourth-order valence-electron chi connectivity index (χ4n) is 6.05. The summed E-state index contributed by atoms with van der Waals surface area (Å²) in [7, 11) is 0. The summed E-state index contributed by atoms with van der Waals surface area (Å²) in [5.74, 6) is 0.926. The predicted octanol–water partition coefficient (Wildman–Crippen LogP) is 10.0. The number of aliphatic imine (C=N–C) groups is 1. The summed E-state index contributed by atoms with van der Waals surface area (Å²) in [6.07, 6.45) is 9.86. The topological polar surface area (TPSA) is 20.5 Å². The van der Waals surface area contributed by atoms with Crippen molar-refractivity contribution in [3.05, 3.63) is 151 Å². The van der Waals surface area contributed by atoms with E-state index in [1.54, 1.807) is 0 Å². The molecule has 2 aliphatic heterocycles. The molecule has 0 unspecified atom stereocenters. The van der Waals surface area contributed by atoms with Crippen molar-refractivity contribution in [3.63, 3.8) is 0 Å². The summed E-state index contributed by atoms with van der Waals surface area (Å²) in [6.45, 7) is 5.02. The zero-order chi connectivity index (χ0) is 28.5. The van der Waals surface area contributed by atoms with Crippen LogP contribution in [0, 0.1) is 0 Å². The second-order valence-corrected chi connectivity index (χ2v) is 10.7. The third kappa shape index (κ3) is 4.35. The van der Waals surface area contributed by atoms with Gasteiger partial charge in [0.2, 0.25) is 5.96 Å². The third-order valence-electron chi connectivity index (χ3n) is 7.84. The molecule has 5 aromatic carbocycles. The molecular weight excluding hydrogens is 510 g/mol. The summed E-state index contributed by atoms with van der Waals surface area (Å²) >= 11 is 0. The van der Waals surface area contributed by atoms with Gasteiger partial charge in [-0.15, -0.1) is 0 Å². The van der Waals surface area contributed by atoms with Gasteiger partial charge in [0.25, 0.3) is 0 Å². The Bertz CT molecular complexity index is 2050. The Kier molecular flexibility index (Phi) is 6.77. The Morgan fingerprint density at radius 3 is 2.24 bits per heavy atom. The Morgan fingerprint density at radius 2 is 1.38 bits per heavy atom. The van der Waals surface area contributed by atoms with Crippen LogP contribution in [0.15, 0.2) is 150 Å². The van der Waals surface area contributed by atoms with E-state index in [9.17, 15) is 0 Å². The van der Waals surface area contributed by atoms with E-state index in [2.05, 4.69) is 157 Å². The first-order valence-corrected chi connectivity index (χ1v) is 14.8. The third-order valence-corrected chi connectivity index (χ3v) is 7.84. The van der Waals surface area contributed by atoms with E-state index in [4.69, 9.17) is 4.99 Å². The minimum absolute atomic E-state index is 0.766. The maximum absolute atomic E-state index is 5.17.